The standard InChI is InChI=1S/C18H26/c1-18-11-4-7-17(18)16-9-8-13-5-2-3-6-14(13)15(16)10-12-18/h5,16-17H,2-4,6-12H2,1H3/t16-,17+,18+/m1/s1. The summed E-state index contributed by atoms with van der Waals surface area (Å²) in [4.78, 5) is 0. The quantitative estimate of drug-likeness (QED) is 0.533. The van der Waals surface area contributed by atoms with Crippen LogP contribution < -0.4 is 0 Å². The highest BCUT2D eigenvalue weighted by Gasteiger charge is 2.48. The maximum atomic E-state index is 2.60. The summed E-state index contributed by atoms with van der Waals surface area (Å²) >= 11 is 0. The molecule has 98 valence electrons. The molecule has 4 aliphatic rings. The fourth-order valence-corrected chi connectivity index (χ4v) is 5.63. The van der Waals surface area contributed by atoms with Crippen LogP contribution in [0.5, 0.6) is 0 Å². The molecule has 4 aliphatic carbocycles. The van der Waals surface area contributed by atoms with Gasteiger partial charge in [0.1, 0.15) is 0 Å². The second-order valence-electron chi connectivity index (χ2n) is 7.42. The van der Waals surface area contributed by atoms with Crippen molar-refractivity contribution in [3.63, 3.8) is 0 Å². The number of hydrogen-bond donors (Lipinski definition) is 0. The van der Waals surface area contributed by atoms with Crippen LogP contribution in [0.1, 0.15) is 71.1 Å². The zero-order valence-corrected chi connectivity index (χ0v) is 11.8. The minimum Gasteiger partial charge on any atom is -0.0810 e. The highest BCUT2D eigenvalue weighted by atomic mass is 14.5. The Bertz CT molecular complexity index is 425. The average Bonchev–Trinajstić information content (AvgIpc) is 2.80. The first-order valence-corrected chi connectivity index (χ1v) is 8.19. The highest BCUT2D eigenvalue weighted by molar-refractivity contribution is 5.42. The van der Waals surface area contributed by atoms with Gasteiger partial charge in [-0.25, -0.2) is 0 Å². The van der Waals surface area contributed by atoms with E-state index in [1.165, 1.54) is 64.2 Å². The van der Waals surface area contributed by atoms with Crippen LogP contribution in [0.4, 0.5) is 0 Å². The maximum absolute atomic E-state index is 2.60. The lowest BCUT2D eigenvalue weighted by Crippen LogP contribution is -2.36. The van der Waals surface area contributed by atoms with Gasteiger partial charge in [-0.15, -0.1) is 0 Å². The van der Waals surface area contributed by atoms with E-state index >= 15 is 0 Å². The second kappa shape index (κ2) is 3.99. The zero-order valence-electron chi connectivity index (χ0n) is 11.8. The van der Waals surface area contributed by atoms with Gasteiger partial charge in [-0.2, -0.15) is 0 Å². The van der Waals surface area contributed by atoms with Crippen LogP contribution in [0.2, 0.25) is 0 Å². The van der Waals surface area contributed by atoms with Gasteiger partial charge in [0.2, 0.25) is 0 Å². The lowest BCUT2D eigenvalue weighted by atomic mass is 9.58. The van der Waals surface area contributed by atoms with Crippen LogP contribution in [-0.4, -0.2) is 0 Å². The molecule has 0 nitrogen and oxygen atoms in total. The lowest BCUT2D eigenvalue weighted by Gasteiger charge is -2.47. The SMILES string of the molecule is C[C@@]12CCC[C@H]1[C@@H]1CCC3=CCCCC3=C1CC2. The van der Waals surface area contributed by atoms with Crippen molar-refractivity contribution < 1.29 is 0 Å². The Balaban J connectivity index is 1.75. The summed E-state index contributed by atoms with van der Waals surface area (Å²) in [5, 5.41) is 0. The van der Waals surface area contributed by atoms with Gasteiger partial charge in [0.15, 0.2) is 0 Å². The van der Waals surface area contributed by atoms with Gasteiger partial charge >= 0.3 is 0 Å². The third-order valence-electron chi connectivity index (χ3n) is 6.58. The molecule has 0 saturated heterocycles. The molecule has 0 aromatic heterocycles. The van der Waals surface area contributed by atoms with Crippen LogP contribution >= 0.6 is 0 Å². The van der Waals surface area contributed by atoms with E-state index in [0.29, 0.717) is 5.41 Å². The smallest absolute Gasteiger partial charge is 0.0161 e. The highest BCUT2D eigenvalue weighted by Crippen LogP contribution is 2.59. The van der Waals surface area contributed by atoms with Gasteiger partial charge in [0.05, 0.1) is 0 Å². The molecule has 0 spiro atoms. The van der Waals surface area contributed by atoms with Crippen molar-refractivity contribution in [1.29, 1.82) is 0 Å². The minimum atomic E-state index is 0.713. The Labute approximate surface area is 112 Å². The summed E-state index contributed by atoms with van der Waals surface area (Å²) in [6.07, 6.45) is 17.1. The molecule has 0 aromatic rings. The Morgan fingerprint density at radius 1 is 1.06 bits per heavy atom. The molecule has 0 radical (unpaired) electrons. The molecule has 0 unspecified atom stereocenters. The summed E-state index contributed by atoms with van der Waals surface area (Å²) in [7, 11) is 0. The van der Waals surface area contributed by atoms with Gasteiger partial charge in [-0.1, -0.05) is 25.0 Å². The predicted octanol–water partition coefficient (Wildman–Crippen LogP) is 5.40. The number of allylic oxidation sites excluding steroid dienone is 4. The zero-order chi connectivity index (χ0) is 12.2. The normalized spacial score (nSPS) is 43.1. The van der Waals surface area contributed by atoms with Gasteiger partial charge in [0.25, 0.3) is 0 Å². The molecule has 0 N–H and O–H groups in total. The van der Waals surface area contributed by atoms with Crippen molar-refractivity contribution in [3.8, 4) is 0 Å². The summed E-state index contributed by atoms with van der Waals surface area (Å²) in [5.41, 5.74) is 6.24. The molecule has 4 rings (SSSR count). The molecular formula is C18H26. The molecule has 18 heavy (non-hydrogen) atoms. The Morgan fingerprint density at radius 3 is 2.94 bits per heavy atom. The van der Waals surface area contributed by atoms with E-state index in [9.17, 15) is 0 Å². The third-order valence-corrected chi connectivity index (χ3v) is 6.58. The monoisotopic (exact) mass is 242 g/mol. The maximum Gasteiger partial charge on any atom is -0.0161 e. The summed E-state index contributed by atoms with van der Waals surface area (Å²) in [6, 6.07) is 0. The van der Waals surface area contributed by atoms with E-state index in [1.54, 1.807) is 5.57 Å². The number of hydrogen-bond acceptors (Lipinski definition) is 0. The van der Waals surface area contributed by atoms with Crippen LogP contribution in [0.25, 0.3) is 0 Å². The Kier molecular flexibility index (Phi) is 2.51. The molecule has 0 bridgehead atoms. The fourth-order valence-electron chi connectivity index (χ4n) is 5.63. The third kappa shape index (κ3) is 1.50. The van der Waals surface area contributed by atoms with E-state index in [0.717, 1.165) is 11.8 Å². The van der Waals surface area contributed by atoms with Crippen molar-refractivity contribution in [1.82, 2.24) is 0 Å². The first-order chi connectivity index (χ1) is 8.78. The molecular weight excluding hydrogens is 216 g/mol. The van der Waals surface area contributed by atoms with E-state index < -0.39 is 0 Å². The van der Waals surface area contributed by atoms with Crippen LogP contribution in [0.3, 0.4) is 0 Å². The van der Waals surface area contributed by atoms with E-state index in [4.69, 9.17) is 0 Å². The molecule has 3 atom stereocenters. The predicted molar refractivity (Wildman–Crippen MR) is 76.4 cm³/mol. The van der Waals surface area contributed by atoms with Crippen LogP contribution in [0.15, 0.2) is 22.8 Å². The van der Waals surface area contributed by atoms with Crippen LogP contribution in [0, 0.1) is 17.3 Å². The van der Waals surface area contributed by atoms with Gasteiger partial charge in [0, 0.05) is 0 Å². The van der Waals surface area contributed by atoms with Gasteiger partial charge < -0.3 is 0 Å². The average molecular weight is 242 g/mol. The van der Waals surface area contributed by atoms with Crippen molar-refractivity contribution in [2.75, 3.05) is 0 Å². The van der Waals surface area contributed by atoms with Crippen LogP contribution in [-0.2, 0) is 0 Å². The molecule has 0 heteroatoms. The first-order valence-electron chi connectivity index (χ1n) is 8.19. The minimum absolute atomic E-state index is 0.713. The summed E-state index contributed by atoms with van der Waals surface area (Å²) in [5.74, 6) is 2.02. The number of rotatable bonds is 0. The largest absolute Gasteiger partial charge is 0.0810 e. The first kappa shape index (κ1) is 11.3. The van der Waals surface area contributed by atoms with Crippen molar-refractivity contribution >= 4 is 0 Å². The Hall–Kier alpha value is -0.520. The summed E-state index contributed by atoms with van der Waals surface area (Å²) < 4.78 is 0. The van der Waals surface area contributed by atoms with Crippen molar-refractivity contribution in [3.05, 3.63) is 22.8 Å². The topological polar surface area (TPSA) is 0 Å². The van der Waals surface area contributed by atoms with Crippen molar-refractivity contribution in [2.45, 2.75) is 71.1 Å². The van der Waals surface area contributed by atoms with E-state index in [-0.39, 0.29) is 0 Å². The molecule has 0 aromatic carbocycles. The molecule has 2 saturated carbocycles. The van der Waals surface area contributed by atoms with Gasteiger partial charge in [-0.05, 0) is 86.2 Å². The molecule has 0 amide bonds. The van der Waals surface area contributed by atoms with Gasteiger partial charge in [-0.3, -0.25) is 0 Å². The summed E-state index contributed by atoms with van der Waals surface area (Å²) in [6.45, 7) is 2.60. The molecule has 0 heterocycles. The van der Waals surface area contributed by atoms with E-state index in [2.05, 4.69) is 13.0 Å². The molecule has 2 fully saturated rings. The van der Waals surface area contributed by atoms with E-state index in [1.807, 2.05) is 11.1 Å². The Morgan fingerprint density at radius 2 is 2.00 bits per heavy atom. The fraction of sp³-hybridized carbons (Fsp3) is 0.778. The number of fused-ring (bicyclic) bond motifs is 4. The lowest BCUT2D eigenvalue weighted by molar-refractivity contribution is 0.118. The second-order valence-corrected chi connectivity index (χ2v) is 7.42. The molecule has 0 aliphatic heterocycles. The van der Waals surface area contributed by atoms with Crippen molar-refractivity contribution in [2.24, 2.45) is 17.3 Å².